The Kier molecular flexibility index (Phi) is 5.63. The third kappa shape index (κ3) is 3.89. The molecule has 0 bridgehead atoms. The number of amides is 2. The molecule has 1 fully saturated rings. The number of carbonyl (C=O) groups is 2. The molecule has 1 aliphatic rings. The Hall–Kier alpha value is -2.24. The van der Waals surface area contributed by atoms with Crippen LogP contribution in [0.3, 0.4) is 0 Å². The van der Waals surface area contributed by atoms with E-state index in [-0.39, 0.29) is 23.3 Å². The van der Waals surface area contributed by atoms with Gasteiger partial charge in [0.25, 0.3) is 5.91 Å². The first-order chi connectivity index (χ1) is 12.9. The fourth-order valence-corrected chi connectivity index (χ4v) is 3.98. The molecule has 0 aliphatic heterocycles. The maximum Gasteiger partial charge on any atom is 0.268 e. The summed E-state index contributed by atoms with van der Waals surface area (Å²) >= 11 is 12.0. The molecule has 2 aromatic rings. The van der Waals surface area contributed by atoms with Crippen molar-refractivity contribution in [1.82, 2.24) is 15.2 Å². The van der Waals surface area contributed by atoms with Crippen molar-refractivity contribution in [3.05, 3.63) is 70.5 Å². The molecule has 0 saturated heterocycles. The number of halogens is 2. The number of hydrogen-bond acceptors (Lipinski definition) is 2. The first-order valence-electron chi connectivity index (χ1n) is 8.63. The minimum Gasteiger partial charge on any atom is -0.352 e. The highest BCUT2D eigenvalue weighted by atomic mass is 35.5. The monoisotopic (exact) mass is 405 g/mol. The zero-order valence-corrected chi connectivity index (χ0v) is 16.5. The highest BCUT2D eigenvalue weighted by Crippen LogP contribution is 2.43. The van der Waals surface area contributed by atoms with Crippen LogP contribution in [0.5, 0.6) is 0 Å². The summed E-state index contributed by atoms with van der Waals surface area (Å²) in [4.78, 5) is 24.2. The molecule has 0 unspecified atom stereocenters. The summed E-state index contributed by atoms with van der Waals surface area (Å²) in [6, 6.07) is 11.6. The molecular formula is C20H21Cl2N3O2. The van der Waals surface area contributed by atoms with Crippen LogP contribution in [-0.2, 0) is 17.3 Å². The van der Waals surface area contributed by atoms with Gasteiger partial charge in [0.05, 0.1) is 5.02 Å². The molecule has 1 heterocycles. The van der Waals surface area contributed by atoms with Gasteiger partial charge >= 0.3 is 0 Å². The molecule has 142 valence electrons. The summed E-state index contributed by atoms with van der Waals surface area (Å²) in [7, 11) is 1.70. The van der Waals surface area contributed by atoms with Crippen LogP contribution in [0.2, 0.25) is 10.2 Å². The van der Waals surface area contributed by atoms with Crippen LogP contribution in [0.4, 0.5) is 0 Å². The van der Waals surface area contributed by atoms with E-state index in [9.17, 15) is 9.59 Å². The van der Waals surface area contributed by atoms with Crippen molar-refractivity contribution in [2.24, 2.45) is 7.05 Å². The predicted molar refractivity (Wildman–Crippen MR) is 107 cm³/mol. The second-order valence-corrected chi connectivity index (χ2v) is 7.64. The average molecular weight is 406 g/mol. The van der Waals surface area contributed by atoms with Crippen LogP contribution in [0.1, 0.15) is 28.9 Å². The van der Waals surface area contributed by atoms with Crippen molar-refractivity contribution < 1.29 is 9.59 Å². The van der Waals surface area contributed by atoms with Gasteiger partial charge in [0.15, 0.2) is 0 Å². The van der Waals surface area contributed by atoms with Crippen molar-refractivity contribution >= 4 is 35.0 Å². The SMILES string of the molecule is C=CC(=O)NCC1(c2ccccc2)CC(NC(=O)c2cc(Cl)c(Cl)n2C)C1. The third-order valence-electron chi connectivity index (χ3n) is 5.13. The van der Waals surface area contributed by atoms with Crippen LogP contribution >= 0.6 is 23.2 Å². The van der Waals surface area contributed by atoms with E-state index in [2.05, 4.69) is 29.3 Å². The summed E-state index contributed by atoms with van der Waals surface area (Å²) in [5, 5.41) is 6.61. The first kappa shape index (κ1) is 19.5. The summed E-state index contributed by atoms with van der Waals surface area (Å²) in [6.07, 6.45) is 2.72. The van der Waals surface area contributed by atoms with Gasteiger partial charge in [-0.3, -0.25) is 9.59 Å². The summed E-state index contributed by atoms with van der Waals surface area (Å²) < 4.78 is 1.56. The van der Waals surface area contributed by atoms with Gasteiger partial charge in [0.2, 0.25) is 5.91 Å². The predicted octanol–water partition coefficient (Wildman–Crippen LogP) is 3.46. The van der Waals surface area contributed by atoms with Gasteiger partial charge in [-0.15, -0.1) is 0 Å². The summed E-state index contributed by atoms with van der Waals surface area (Å²) in [5.74, 6) is -0.418. The Labute approximate surface area is 168 Å². The Bertz CT molecular complexity index is 871. The van der Waals surface area contributed by atoms with Crippen molar-refractivity contribution in [3.8, 4) is 0 Å². The van der Waals surface area contributed by atoms with Crippen LogP contribution in [-0.4, -0.2) is 29.0 Å². The van der Waals surface area contributed by atoms with Crippen molar-refractivity contribution in [2.45, 2.75) is 24.3 Å². The Morgan fingerprint density at radius 2 is 1.96 bits per heavy atom. The zero-order chi connectivity index (χ0) is 19.6. The topological polar surface area (TPSA) is 63.1 Å². The number of benzene rings is 1. The van der Waals surface area contributed by atoms with Crippen molar-refractivity contribution in [3.63, 3.8) is 0 Å². The molecule has 3 rings (SSSR count). The molecule has 2 amide bonds. The van der Waals surface area contributed by atoms with Gasteiger partial charge in [-0.2, -0.15) is 0 Å². The van der Waals surface area contributed by atoms with Crippen LogP contribution in [0.25, 0.3) is 0 Å². The Morgan fingerprint density at radius 1 is 1.30 bits per heavy atom. The van der Waals surface area contributed by atoms with Crippen LogP contribution < -0.4 is 10.6 Å². The first-order valence-corrected chi connectivity index (χ1v) is 9.39. The van der Waals surface area contributed by atoms with Crippen molar-refractivity contribution in [1.29, 1.82) is 0 Å². The molecule has 27 heavy (non-hydrogen) atoms. The number of nitrogens with zero attached hydrogens (tertiary/aromatic N) is 1. The number of hydrogen-bond donors (Lipinski definition) is 2. The van der Waals surface area contributed by atoms with Gasteiger partial charge in [-0.1, -0.05) is 60.1 Å². The third-order valence-corrected chi connectivity index (χ3v) is 5.97. The molecule has 0 atom stereocenters. The molecule has 7 heteroatoms. The molecule has 2 N–H and O–H groups in total. The van der Waals surface area contributed by atoms with E-state index in [1.54, 1.807) is 17.7 Å². The average Bonchev–Trinajstić information content (AvgIpc) is 2.91. The second-order valence-electron chi connectivity index (χ2n) is 6.87. The van der Waals surface area contributed by atoms with Crippen LogP contribution in [0, 0.1) is 0 Å². The lowest BCUT2D eigenvalue weighted by molar-refractivity contribution is -0.117. The molecule has 1 saturated carbocycles. The minimum atomic E-state index is -0.215. The van der Waals surface area contributed by atoms with E-state index in [4.69, 9.17) is 23.2 Å². The molecule has 0 spiro atoms. The lowest BCUT2D eigenvalue weighted by atomic mass is 9.61. The Morgan fingerprint density at radius 3 is 2.52 bits per heavy atom. The van der Waals surface area contributed by atoms with E-state index in [0.29, 0.717) is 22.4 Å². The van der Waals surface area contributed by atoms with Gasteiger partial charge in [0, 0.05) is 25.0 Å². The second kappa shape index (κ2) is 7.79. The van der Waals surface area contributed by atoms with Gasteiger partial charge in [-0.25, -0.2) is 0 Å². The van der Waals surface area contributed by atoms with Crippen molar-refractivity contribution in [2.75, 3.05) is 6.54 Å². The molecular weight excluding hydrogens is 385 g/mol. The van der Waals surface area contributed by atoms with E-state index >= 15 is 0 Å². The molecule has 5 nitrogen and oxygen atoms in total. The molecule has 1 aromatic carbocycles. The fraction of sp³-hybridized carbons (Fsp3) is 0.300. The zero-order valence-electron chi connectivity index (χ0n) is 15.0. The lowest BCUT2D eigenvalue weighted by Crippen LogP contribution is -2.57. The number of aromatic nitrogens is 1. The number of carbonyl (C=O) groups excluding carboxylic acids is 2. The van der Waals surface area contributed by atoms with E-state index < -0.39 is 0 Å². The standard InChI is InChI=1S/C20H21Cl2N3O2/c1-3-17(26)23-12-20(13-7-5-4-6-8-13)10-14(11-20)24-19(27)16-9-15(21)18(22)25(16)2/h3-9,14H,1,10-12H2,2H3,(H,23,26)(H,24,27). The highest BCUT2D eigenvalue weighted by Gasteiger charge is 2.46. The highest BCUT2D eigenvalue weighted by molar-refractivity contribution is 6.41. The van der Waals surface area contributed by atoms with E-state index in [0.717, 1.165) is 18.4 Å². The van der Waals surface area contributed by atoms with E-state index in [1.807, 2.05) is 18.2 Å². The van der Waals surface area contributed by atoms with Gasteiger partial charge in [0.1, 0.15) is 10.8 Å². The molecule has 1 aromatic heterocycles. The maximum absolute atomic E-state index is 12.6. The molecule has 1 aliphatic carbocycles. The number of nitrogens with one attached hydrogen (secondary N) is 2. The quantitative estimate of drug-likeness (QED) is 0.722. The summed E-state index contributed by atoms with van der Waals surface area (Å²) in [6.45, 7) is 3.99. The molecule has 0 radical (unpaired) electrons. The minimum absolute atomic E-state index is 0.00536. The summed E-state index contributed by atoms with van der Waals surface area (Å²) in [5.41, 5.74) is 1.36. The Balaban J connectivity index is 1.70. The fourth-order valence-electron chi connectivity index (χ4n) is 3.61. The maximum atomic E-state index is 12.6. The normalized spacial score (nSPS) is 21.2. The van der Waals surface area contributed by atoms with Gasteiger partial charge < -0.3 is 15.2 Å². The smallest absolute Gasteiger partial charge is 0.268 e. The lowest BCUT2D eigenvalue weighted by Gasteiger charge is -2.48. The van der Waals surface area contributed by atoms with E-state index in [1.165, 1.54) is 6.08 Å². The van der Waals surface area contributed by atoms with Crippen LogP contribution in [0.15, 0.2) is 49.1 Å². The van der Waals surface area contributed by atoms with Gasteiger partial charge in [-0.05, 0) is 30.5 Å². The number of rotatable bonds is 6. The largest absolute Gasteiger partial charge is 0.352 e.